The van der Waals surface area contributed by atoms with Gasteiger partial charge in [0.2, 0.25) is 0 Å². The maximum absolute atomic E-state index is 12.7. The molecule has 3 rings (SSSR count). The Kier molecular flexibility index (Phi) is 3.02. The molecule has 3 heteroatoms. The van der Waals surface area contributed by atoms with Gasteiger partial charge in [-0.15, -0.1) is 0 Å². The Morgan fingerprint density at radius 1 is 1.20 bits per heavy atom. The van der Waals surface area contributed by atoms with Crippen LogP contribution in [0.4, 0.5) is 0 Å². The van der Waals surface area contributed by atoms with Crippen molar-refractivity contribution in [1.82, 2.24) is 4.90 Å². The highest BCUT2D eigenvalue weighted by Crippen LogP contribution is 2.29. The fourth-order valence-corrected chi connectivity index (χ4v) is 3.13. The maximum atomic E-state index is 12.7. The van der Waals surface area contributed by atoms with E-state index in [9.17, 15) is 4.79 Å². The molecule has 3 nitrogen and oxygen atoms in total. The van der Waals surface area contributed by atoms with Crippen molar-refractivity contribution in [3.63, 3.8) is 0 Å². The molecule has 1 unspecified atom stereocenters. The molecule has 20 heavy (non-hydrogen) atoms. The van der Waals surface area contributed by atoms with Crippen LogP contribution in [0, 0.1) is 0 Å². The van der Waals surface area contributed by atoms with E-state index in [4.69, 9.17) is 5.73 Å². The minimum atomic E-state index is -0.165. The predicted molar refractivity (Wildman–Crippen MR) is 81.7 cm³/mol. The number of likely N-dealkylation sites (tertiary alicyclic amines) is 1. The molecule has 2 N–H and O–H groups in total. The zero-order chi connectivity index (χ0) is 14.3. The Morgan fingerprint density at radius 2 is 1.90 bits per heavy atom. The van der Waals surface area contributed by atoms with Crippen LogP contribution in [0.25, 0.3) is 10.8 Å². The molecule has 1 heterocycles. The number of fused-ring (bicyclic) bond motifs is 1. The van der Waals surface area contributed by atoms with E-state index in [1.807, 2.05) is 41.3 Å². The fourth-order valence-electron chi connectivity index (χ4n) is 3.13. The van der Waals surface area contributed by atoms with Gasteiger partial charge in [0.15, 0.2) is 0 Å². The van der Waals surface area contributed by atoms with Crippen molar-refractivity contribution >= 4 is 16.7 Å². The number of carbonyl (C=O) groups is 1. The lowest BCUT2D eigenvalue weighted by atomic mass is 9.99. The van der Waals surface area contributed by atoms with E-state index in [0.717, 1.165) is 22.8 Å². The van der Waals surface area contributed by atoms with Gasteiger partial charge in [-0.25, -0.2) is 0 Å². The highest BCUT2D eigenvalue weighted by Gasteiger charge is 2.39. The fraction of sp³-hybridized carbons (Fsp3) is 0.353. The van der Waals surface area contributed by atoms with E-state index in [2.05, 4.69) is 19.9 Å². The van der Waals surface area contributed by atoms with Crippen LogP contribution in [0.1, 0.15) is 30.6 Å². The summed E-state index contributed by atoms with van der Waals surface area (Å²) in [5, 5.41) is 2.25. The van der Waals surface area contributed by atoms with Crippen molar-refractivity contribution < 1.29 is 4.79 Å². The Hall–Kier alpha value is -1.87. The second-order valence-electron chi connectivity index (χ2n) is 6.25. The highest BCUT2D eigenvalue weighted by atomic mass is 16.2. The molecule has 0 radical (unpaired) electrons. The third-order valence-electron chi connectivity index (χ3n) is 4.15. The average Bonchev–Trinajstić information content (AvgIpc) is 2.70. The van der Waals surface area contributed by atoms with E-state index in [1.54, 1.807) is 0 Å². The summed E-state index contributed by atoms with van der Waals surface area (Å²) in [6.45, 7) is 4.80. The summed E-state index contributed by atoms with van der Waals surface area (Å²) in [7, 11) is 0. The predicted octanol–water partition coefficient (Wildman–Crippen LogP) is 2.79. The van der Waals surface area contributed by atoms with Crippen molar-refractivity contribution in [3.8, 4) is 0 Å². The van der Waals surface area contributed by atoms with E-state index < -0.39 is 0 Å². The van der Waals surface area contributed by atoms with Crippen LogP contribution in [0.3, 0.4) is 0 Å². The second-order valence-corrected chi connectivity index (χ2v) is 6.25. The summed E-state index contributed by atoms with van der Waals surface area (Å²) >= 11 is 0. The second kappa shape index (κ2) is 4.60. The largest absolute Gasteiger partial charge is 0.332 e. The summed E-state index contributed by atoms with van der Waals surface area (Å²) in [5.41, 5.74) is 6.59. The molecule has 0 aromatic heterocycles. The normalized spacial score (nSPS) is 21.4. The summed E-state index contributed by atoms with van der Waals surface area (Å²) in [5.74, 6) is 0.0775. The van der Waals surface area contributed by atoms with Crippen molar-refractivity contribution in [2.75, 3.05) is 6.54 Å². The van der Waals surface area contributed by atoms with Crippen LogP contribution in [-0.2, 0) is 0 Å². The molecule has 2 aromatic rings. The molecule has 0 saturated carbocycles. The molecule has 1 aliphatic heterocycles. The van der Waals surface area contributed by atoms with E-state index in [1.165, 1.54) is 0 Å². The van der Waals surface area contributed by atoms with E-state index in [-0.39, 0.29) is 17.5 Å². The van der Waals surface area contributed by atoms with Crippen LogP contribution in [0.5, 0.6) is 0 Å². The van der Waals surface area contributed by atoms with Crippen LogP contribution in [0.15, 0.2) is 42.5 Å². The molecular weight excluding hydrogens is 248 g/mol. The molecule has 1 amide bonds. The van der Waals surface area contributed by atoms with Gasteiger partial charge in [-0.2, -0.15) is 0 Å². The summed E-state index contributed by atoms with van der Waals surface area (Å²) < 4.78 is 0. The van der Waals surface area contributed by atoms with Gasteiger partial charge in [0.1, 0.15) is 0 Å². The van der Waals surface area contributed by atoms with Gasteiger partial charge in [-0.1, -0.05) is 30.3 Å². The molecule has 0 aliphatic carbocycles. The van der Waals surface area contributed by atoms with Gasteiger partial charge < -0.3 is 10.6 Å². The lowest BCUT2D eigenvalue weighted by Crippen LogP contribution is -2.42. The monoisotopic (exact) mass is 268 g/mol. The minimum absolute atomic E-state index is 0.0775. The number of nitrogens with two attached hydrogens (primary N) is 1. The van der Waals surface area contributed by atoms with Crippen molar-refractivity contribution in [1.29, 1.82) is 0 Å². The molecule has 1 atom stereocenters. The number of nitrogens with zero attached hydrogens (tertiary/aromatic N) is 1. The third kappa shape index (κ3) is 2.18. The summed E-state index contributed by atoms with van der Waals surface area (Å²) in [6, 6.07) is 14.0. The quantitative estimate of drug-likeness (QED) is 0.864. The minimum Gasteiger partial charge on any atom is -0.332 e. The summed E-state index contributed by atoms with van der Waals surface area (Å²) in [4.78, 5) is 14.6. The summed E-state index contributed by atoms with van der Waals surface area (Å²) in [6.07, 6.45) is 0.853. The Labute approximate surface area is 119 Å². The average molecular weight is 268 g/mol. The molecule has 1 saturated heterocycles. The van der Waals surface area contributed by atoms with Crippen molar-refractivity contribution in [2.24, 2.45) is 5.73 Å². The molecule has 1 aliphatic rings. The highest BCUT2D eigenvalue weighted by molar-refractivity contribution is 5.99. The van der Waals surface area contributed by atoms with E-state index in [0.29, 0.717) is 6.54 Å². The van der Waals surface area contributed by atoms with Gasteiger partial charge >= 0.3 is 0 Å². The molecule has 104 valence electrons. The first kappa shape index (κ1) is 13.1. The molecular formula is C17H20N2O. The molecule has 2 aromatic carbocycles. The van der Waals surface area contributed by atoms with Crippen LogP contribution in [0.2, 0.25) is 0 Å². The molecule has 0 spiro atoms. The topological polar surface area (TPSA) is 46.3 Å². The number of rotatable bonds is 1. The Balaban J connectivity index is 1.96. The smallest absolute Gasteiger partial charge is 0.254 e. The zero-order valence-electron chi connectivity index (χ0n) is 12.0. The van der Waals surface area contributed by atoms with E-state index >= 15 is 0 Å². The molecule has 1 fully saturated rings. The van der Waals surface area contributed by atoms with Gasteiger partial charge in [0.05, 0.1) is 0 Å². The Bertz CT molecular complexity index is 663. The van der Waals surface area contributed by atoms with Crippen LogP contribution >= 0.6 is 0 Å². The van der Waals surface area contributed by atoms with Crippen molar-refractivity contribution in [3.05, 3.63) is 48.0 Å². The number of hydrogen-bond acceptors (Lipinski definition) is 2. The van der Waals surface area contributed by atoms with Gasteiger partial charge in [0, 0.05) is 23.7 Å². The first-order valence-corrected chi connectivity index (χ1v) is 7.04. The van der Waals surface area contributed by atoms with Crippen LogP contribution < -0.4 is 5.73 Å². The number of amides is 1. The van der Waals surface area contributed by atoms with Crippen LogP contribution in [-0.4, -0.2) is 28.9 Å². The van der Waals surface area contributed by atoms with Gasteiger partial charge in [-0.3, -0.25) is 4.79 Å². The lowest BCUT2D eigenvalue weighted by molar-refractivity contribution is 0.0651. The first-order chi connectivity index (χ1) is 9.47. The standard InChI is InChI=1S/C17H20N2O/c1-17(2)10-15(18)11-19(17)16(20)14-8-7-12-5-3-4-6-13(12)9-14/h3-9,15H,10-11,18H2,1-2H3. The van der Waals surface area contributed by atoms with Gasteiger partial charge in [0.25, 0.3) is 5.91 Å². The number of carbonyl (C=O) groups excluding carboxylic acids is 1. The molecule has 0 bridgehead atoms. The van der Waals surface area contributed by atoms with Gasteiger partial charge in [-0.05, 0) is 43.2 Å². The third-order valence-corrected chi connectivity index (χ3v) is 4.15. The van der Waals surface area contributed by atoms with Crippen molar-refractivity contribution in [2.45, 2.75) is 31.8 Å². The SMILES string of the molecule is CC1(C)CC(N)CN1C(=O)c1ccc2ccccc2c1. The maximum Gasteiger partial charge on any atom is 0.254 e. The Morgan fingerprint density at radius 3 is 2.55 bits per heavy atom. The zero-order valence-corrected chi connectivity index (χ0v) is 12.0. The first-order valence-electron chi connectivity index (χ1n) is 7.04. The number of hydrogen-bond donors (Lipinski definition) is 1. The number of benzene rings is 2. The lowest BCUT2D eigenvalue weighted by Gasteiger charge is -2.31.